The monoisotopic (exact) mass is 226 g/mol. The average Bonchev–Trinajstić information content (AvgIpc) is 2.26. The maximum atomic E-state index is 13.4. The molecule has 1 aliphatic rings. The summed E-state index contributed by atoms with van der Waals surface area (Å²) in [6.45, 7) is 1.63. The fourth-order valence-corrected chi connectivity index (χ4v) is 2.12. The third-order valence-electron chi connectivity index (χ3n) is 3.34. The van der Waals surface area contributed by atoms with Crippen LogP contribution in [0.5, 0.6) is 0 Å². The number of rotatable bonds is 2. The van der Waals surface area contributed by atoms with E-state index in [-0.39, 0.29) is 5.92 Å². The Kier molecular flexibility index (Phi) is 3.24. The van der Waals surface area contributed by atoms with Crippen LogP contribution in [0.3, 0.4) is 0 Å². The lowest BCUT2D eigenvalue weighted by atomic mass is 9.83. The smallest absolute Gasteiger partial charge is 0.273 e. The standard InChI is InChI=1S/C13H16F2O/c1-10-12(8-16-9-13(10,14)15)7-11-5-3-2-4-6-11/h2-6,10,12H,7-9H2,1H3/t10-,12+/m1/s1. The Morgan fingerprint density at radius 1 is 1.31 bits per heavy atom. The zero-order valence-corrected chi connectivity index (χ0v) is 9.33. The molecular formula is C13H16F2O. The van der Waals surface area contributed by atoms with E-state index in [1.165, 1.54) is 0 Å². The van der Waals surface area contributed by atoms with Crippen molar-refractivity contribution in [1.82, 2.24) is 0 Å². The molecule has 0 N–H and O–H groups in total. The first-order chi connectivity index (χ1) is 7.59. The van der Waals surface area contributed by atoms with Gasteiger partial charge in [0.05, 0.1) is 6.61 Å². The van der Waals surface area contributed by atoms with E-state index in [1.807, 2.05) is 30.3 Å². The summed E-state index contributed by atoms with van der Waals surface area (Å²) in [4.78, 5) is 0. The van der Waals surface area contributed by atoms with Crippen LogP contribution in [0.1, 0.15) is 12.5 Å². The maximum absolute atomic E-state index is 13.4. The summed E-state index contributed by atoms with van der Waals surface area (Å²) < 4.78 is 31.8. The van der Waals surface area contributed by atoms with Crippen LogP contribution in [0.15, 0.2) is 30.3 Å². The van der Waals surface area contributed by atoms with E-state index in [0.717, 1.165) is 5.56 Å². The summed E-state index contributed by atoms with van der Waals surface area (Å²) >= 11 is 0. The van der Waals surface area contributed by atoms with E-state index < -0.39 is 18.4 Å². The van der Waals surface area contributed by atoms with E-state index in [4.69, 9.17) is 4.74 Å². The van der Waals surface area contributed by atoms with Gasteiger partial charge in [-0.3, -0.25) is 0 Å². The van der Waals surface area contributed by atoms with Crippen molar-refractivity contribution in [3.05, 3.63) is 35.9 Å². The molecule has 1 aromatic carbocycles. The molecule has 0 bridgehead atoms. The summed E-state index contributed by atoms with van der Waals surface area (Å²) in [6.07, 6.45) is 0.664. The molecule has 1 aromatic rings. The van der Waals surface area contributed by atoms with Crippen molar-refractivity contribution in [3.63, 3.8) is 0 Å². The summed E-state index contributed by atoms with van der Waals surface area (Å²) in [5.41, 5.74) is 1.10. The van der Waals surface area contributed by atoms with Crippen molar-refractivity contribution in [2.45, 2.75) is 19.3 Å². The average molecular weight is 226 g/mol. The first-order valence-corrected chi connectivity index (χ1v) is 5.59. The van der Waals surface area contributed by atoms with E-state index >= 15 is 0 Å². The molecule has 0 aliphatic carbocycles. The molecule has 1 aliphatic heterocycles. The molecule has 2 rings (SSSR count). The van der Waals surface area contributed by atoms with Gasteiger partial charge in [0.15, 0.2) is 0 Å². The minimum absolute atomic E-state index is 0.0915. The van der Waals surface area contributed by atoms with E-state index in [0.29, 0.717) is 13.0 Å². The second-order valence-electron chi connectivity index (χ2n) is 4.51. The number of ether oxygens (including phenoxy) is 1. The summed E-state index contributed by atoms with van der Waals surface area (Å²) in [5, 5.41) is 0. The molecule has 88 valence electrons. The molecule has 16 heavy (non-hydrogen) atoms. The van der Waals surface area contributed by atoms with Gasteiger partial charge in [0.2, 0.25) is 0 Å². The highest BCUT2D eigenvalue weighted by Gasteiger charge is 2.44. The van der Waals surface area contributed by atoms with E-state index in [1.54, 1.807) is 6.92 Å². The van der Waals surface area contributed by atoms with Crippen LogP contribution in [0.4, 0.5) is 8.78 Å². The van der Waals surface area contributed by atoms with Gasteiger partial charge in [-0.25, -0.2) is 8.78 Å². The lowest BCUT2D eigenvalue weighted by Crippen LogP contribution is -2.44. The van der Waals surface area contributed by atoms with Crippen LogP contribution in [0.25, 0.3) is 0 Å². The molecule has 0 spiro atoms. The molecule has 0 saturated carbocycles. The van der Waals surface area contributed by atoms with Crippen molar-refractivity contribution in [1.29, 1.82) is 0 Å². The van der Waals surface area contributed by atoms with Crippen LogP contribution in [0, 0.1) is 11.8 Å². The van der Waals surface area contributed by atoms with Gasteiger partial charge >= 0.3 is 0 Å². The Bertz CT molecular complexity index is 337. The van der Waals surface area contributed by atoms with Gasteiger partial charge in [0, 0.05) is 5.92 Å². The van der Waals surface area contributed by atoms with Crippen LogP contribution in [-0.2, 0) is 11.2 Å². The molecule has 1 saturated heterocycles. The highest BCUT2D eigenvalue weighted by atomic mass is 19.3. The molecule has 0 amide bonds. The number of hydrogen-bond acceptors (Lipinski definition) is 1. The fraction of sp³-hybridized carbons (Fsp3) is 0.538. The maximum Gasteiger partial charge on any atom is 0.273 e. The Morgan fingerprint density at radius 3 is 2.69 bits per heavy atom. The van der Waals surface area contributed by atoms with Crippen LogP contribution in [-0.4, -0.2) is 19.1 Å². The van der Waals surface area contributed by atoms with Gasteiger partial charge < -0.3 is 4.74 Å². The largest absolute Gasteiger partial charge is 0.375 e. The lowest BCUT2D eigenvalue weighted by molar-refractivity contribution is -0.173. The van der Waals surface area contributed by atoms with Crippen LogP contribution < -0.4 is 0 Å². The van der Waals surface area contributed by atoms with E-state index in [2.05, 4.69) is 0 Å². The zero-order valence-electron chi connectivity index (χ0n) is 9.33. The Labute approximate surface area is 94.4 Å². The number of hydrogen-bond donors (Lipinski definition) is 0. The summed E-state index contributed by atoms with van der Waals surface area (Å²) in [6, 6.07) is 9.74. The van der Waals surface area contributed by atoms with Crippen molar-refractivity contribution in [2.24, 2.45) is 11.8 Å². The van der Waals surface area contributed by atoms with Crippen molar-refractivity contribution in [3.8, 4) is 0 Å². The molecule has 3 heteroatoms. The lowest BCUT2D eigenvalue weighted by Gasteiger charge is -2.35. The van der Waals surface area contributed by atoms with Crippen molar-refractivity contribution in [2.75, 3.05) is 13.2 Å². The van der Waals surface area contributed by atoms with Crippen LogP contribution >= 0.6 is 0 Å². The first-order valence-electron chi connectivity index (χ1n) is 5.59. The fourth-order valence-electron chi connectivity index (χ4n) is 2.12. The summed E-state index contributed by atoms with van der Waals surface area (Å²) in [7, 11) is 0. The molecule has 0 aromatic heterocycles. The molecule has 1 nitrogen and oxygen atoms in total. The van der Waals surface area contributed by atoms with Gasteiger partial charge in [-0.05, 0) is 17.9 Å². The highest BCUT2D eigenvalue weighted by Crippen LogP contribution is 2.36. The van der Waals surface area contributed by atoms with Crippen molar-refractivity contribution >= 4 is 0 Å². The minimum atomic E-state index is -2.68. The minimum Gasteiger partial charge on any atom is -0.375 e. The highest BCUT2D eigenvalue weighted by molar-refractivity contribution is 5.15. The topological polar surface area (TPSA) is 9.23 Å². The van der Waals surface area contributed by atoms with Crippen molar-refractivity contribution < 1.29 is 13.5 Å². The van der Waals surface area contributed by atoms with Gasteiger partial charge in [-0.2, -0.15) is 0 Å². The number of alkyl halides is 2. The number of halogens is 2. The predicted molar refractivity (Wildman–Crippen MR) is 58.6 cm³/mol. The molecular weight excluding hydrogens is 210 g/mol. The zero-order chi connectivity index (χ0) is 11.6. The Morgan fingerprint density at radius 2 is 2.00 bits per heavy atom. The molecule has 0 unspecified atom stereocenters. The second kappa shape index (κ2) is 4.50. The second-order valence-corrected chi connectivity index (χ2v) is 4.51. The Balaban J connectivity index is 2.05. The summed E-state index contributed by atoms with van der Waals surface area (Å²) in [5.74, 6) is -3.38. The molecule has 2 atom stereocenters. The molecule has 1 heterocycles. The SMILES string of the molecule is C[C@@H]1[C@@H](Cc2ccccc2)COCC1(F)F. The third kappa shape index (κ3) is 2.40. The third-order valence-corrected chi connectivity index (χ3v) is 3.34. The first kappa shape index (κ1) is 11.5. The van der Waals surface area contributed by atoms with E-state index in [9.17, 15) is 8.78 Å². The van der Waals surface area contributed by atoms with Gasteiger partial charge in [0.25, 0.3) is 5.92 Å². The molecule has 1 fully saturated rings. The normalized spacial score (nSPS) is 28.9. The quantitative estimate of drug-likeness (QED) is 0.752. The number of benzene rings is 1. The van der Waals surface area contributed by atoms with Crippen LogP contribution in [0.2, 0.25) is 0 Å². The van der Waals surface area contributed by atoms with Gasteiger partial charge in [-0.15, -0.1) is 0 Å². The van der Waals surface area contributed by atoms with Gasteiger partial charge in [0.1, 0.15) is 6.61 Å². The predicted octanol–water partition coefficient (Wildman–Crippen LogP) is 3.15. The Hall–Kier alpha value is -0.960. The molecule has 0 radical (unpaired) electrons. The van der Waals surface area contributed by atoms with Gasteiger partial charge in [-0.1, -0.05) is 37.3 Å².